The van der Waals surface area contributed by atoms with Crippen molar-refractivity contribution >= 4 is 5.91 Å². The molecule has 1 aromatic carbocycles. The number of carbonyl (C=O) groups is 1. The normalized spacial score (nSPS) is 11.4. The summed E-state index contributed by atoms with van der Waals surface area (Å²) in [5.74, 6) is -0.169. The number of halogens is 3. The van der Waals surface area contributed by atoms with E-state index < -0.39 is 17.6 Å². The van der Waals surface area contributed by atoms with Crippen LogP contribution >= 0.6 is 0 Å². The molecule has 2 aromatic rings. The number of nitrogens with one attached hydrogen (secondary N) is 1. The van der Waals surface area contributed by atoms with E-state index in [-0.39, 0.29) is 17.1 Å². The second kappa shape index (κ2) is 4.79. The van der Waals surface area contributed by atoms with Crippen LogP contribution in [0.15, 0.2) is 40.8 Å². The smallest absolute Gasteiger partial charge is 0.416 e. The van der Waals surface area contributed by atoms with Gasteiger partial charge >= 0.3 is 6.18 Å². The molecule has 0 unspecified atom stereocenters. The Morgan fingerprint density at radius 3 is 2.58 bits per heavy atom. The summed E-state index contributed by atoms with van der Waals surface area (Å²) in [6.07, 6.45) is -4.41. The van der Waals surface area contributed by atoms with E-state index in [1.807, 2.05) is 0 Å². The third kappa shape index (κ3) is 2.78. The highest BCUT2D eigenvalue weighted by molar-refractivity contribution is 5.91. The summed E-state index contributed by atoms with van der Waals surface area (Å²) in [7, 11) is 1.44. The van der Waals surface area contributed by atoms with Gasteiger partial charge in [-0.1, -0.05) is 12.1 Å². The summed E-state index contributed by atoms with van der Waals surface area (Å²) < 4.78 is 42.9. The average molecular weight is 269 g/mol. The monoisotopic (exact) mass is 269 g/mol. The topological polar surface area (TPSA) is 42.2 Å². The second-order valence-electron chi connectivity index (χ2n) is 3.82. The zero-order valence-corrected chi connectivity index (χ0v) is 9.91. The molecule has 1 aromatic heterocycles. The van der Waals surface area contributed by atoms with Crippen LogP contribution in [0.1, 0.15) is 16.1 Å². The molecule has 100 valence electrons. The highest BCUT2D eigenvalue weighted by atomic mass is 19.4. The number of furan rings is 1. The van der Waals surface area contributed by atoms with E-state index >= 15 is 0 Å². The van der Waals surface area contributed by atoms with Crippen molar-refractivity contribution in [2.45, 2.75) is 6.18 Å². The van der Waals surface area contributed by atoms with Crippen molar-refractivity contribution in [3.8, 4) is 11.3 Å². The van der Waals surface area contributed by atoms with E-state index in [9.17, 15) is 18.0 Å². The second-order valence-corrected chi connectivity index (χ2v) is 3.82. The van der Waals surface area contributed by atoms with Gasteiger partial charge in [0.2, 0.25) is 0 Å². The summed E-state index contributed by atoms with van der Waals surface area (Å²) in [5, 5.41) is 2.37. The molecule has 1 N–H and O–H groups in total. The molecule has 1 amide bonds. The van der Waals surface area contributed by atoms with E-state index in [0.717, 1.165) is 12.1 Å². The molecule has 2 rings (SSSR count). The van der Waals surface area contributed by atoms with E-state index in [1.54, 1.807) is 0 Å². The standard InChI is InChI=1S/C13H10F3NO2/c1-17-12(18)11-6-5-10(19-11)8-3-2-4-9(7-8)13(14,15)16/h2-7H,1H3,(H,17,18). The Labute approximate surface area is 107 Å². The van der Waals surface area contributed by atoms with Gasteiger partial charge in [-0.15, -0.1) is 0 Å². The van der Waals surface area contributed by atoms with Crippen molar-refractivity contribution in [3.05, 3.63) is 47.7 Å². The number of rotatable bonds is 2. The van der Waals surface area contributed by atoms with Gasteiger partial charge in [-0.05, 0) is 24.3 Å². The summed E-state index contributed by atoms with van der Waals surface area (Å²) in [6.45, 7) is 0. The van der Waals surface area contributed by atoms with Crippen LogP contribution in [-0.4, -0.2) is 13.0 Å². The molecule has 19 heavy (non-hydrogen) atoms. The third-order valence-corrected chi connectivity index (χ3v) is 2.53. The van der Waals surface area contributed by atoms with Gasteiger partial charge in [-0.2, -0.15) is 13.2 Å². The number of hydrogen-bond donors (Lipinski definition) is 1. The molecule has 0 saturated carbocycles. The summed E-state index contributed by atoms with van der Waals surface area (Å²) in [4.78, 5) is 11.3. The molecule has 6 heteroatoms. The lowest BCUT2D eigenvalue weighted by Crippen LogP contribution is -2.16. The quantitative estimate of drug-likeness (QED) is 0.908. The maximum Gasteiger partial charge on any atom is 0.416 e. The van der Waals surface area contributed by atoms with Gasteiger partial charge in [0.15, 0.2) is 5.76 Å². The average Bonchev–Trinajstić information content (AvgIpc) is 2.86. The minimum Gasteiger partial charge on any atom is -0.451 e. The lowest BCUT2D eigenvalue weighted by molar-refractivity contribution is -0.137. The van der Waals surface area contributed by atoms with Crippen molar-refractivity contribution in [3.63, 3.8) is 0 Å². The predicted molar refractivity (Wildman–Crippen MR) is 62.5 cm³/mol. The van der Waals surface area contributed by atoms with E-state index in [0.29, 0.717) is 0 Å². The molecular weight excluding hydrogens is 259 g/mol. The molecule has 0 bridgehead atoms. The van der Waals surface area contributed by atoms with Crippen LogP contribution < -0.4 is 5.32 Å². The number of carbonyl (C=O) groups excluding carboxylic acids is 1. The van der Waals surface area contributed by atoms with Crippen LogP contribution in [0.4, 0.5) is 13.2 Å². The molecule has 0 fully saturated rings. The van der Waals surface area contributed by atoms with Crippen LogP contribution in [0, 0.1) is 0 Å². The highest BCUT2D eigenvalue weighted by Crippen LogP contribution is 2.32. The lowest BCUT2D eigenvalue weighted by atomic mass is 10.1. The Kier molecular flexibility index (Phi) is 3.33. The Bertz CT molecular complexity index is 602. The van der Waals surface area contributed by atoms with Crippen LogP contribution in [0.2, 0.25) is 0 Å². The van der Waals surface area contributed by atoms with Crippen LogP contribution in [-0.2, 0) is 6.18 Å². The van der Waals surface area contributed by atoms with Crippen molar-refractivity contribution in [1.82, 2.24) is 5.32 Å². The number of alkyl halides is 3. The Hall–Kier alpha value is -2.24. The molecule has 3 nitrogen and oxygen atoms in total. The Morgan fingerprint density at radius 2 is 1.95 bits per heavy atom. The van der Waals surface area contributed by atoms with E-state index in [2.05, 4.69) is 5.32 Å². The fourth-order valence-corrected chi connectivity index (χ4v) is 1.59. The first kappa shape index (κ1) is 13.2. The maximum atomic E-state index is 12.6. The van der Waals surface area contributed by atoms with Crippen LogP contribution in [0.3, 0.4) is 0 Å². The summed E-state index contributed by atoms with van der Waals surface area (Å²) in [6, 6.07) is 7.61. The van der Waals surface area contributed by atoms with Gasteiger partial charge in [0.1, 0.15) is 5.76 Å². The molecule has 0 spiro atoms. The van der Waals surface area contributed by atoms with Crippen molar-refractivity contribution in [2.75, 3.05) is 7.05 Å². The van der Waals surface area contributed by atoms with E-state index in [1.165, 1.54) is 31.3 Å². The third-order valence-electron chi connectivity index (χ3n) is 2.53. The first-order valence-electron chi connectivity index (χ1n) is 5.41. The highest BCUT2D eigenvalue weighted by Gasteiger charge is 2.30. The van der Waals surface area contributed by atoms with Gasteiger partial charge < -0.3 is 9.73 Å². The lowest BCUT2D eigenvalue weighted by Gasteiger charge is -2.07. The minimum atomic E-state index is -4.41. The van der Waals surface area contributed by atoms with Gasteiger partial charge in [0, 0.05) is 12.6 Å². The molecule has 0 saturated heterocycles. The van der Waals surface area contributed by atoms with Gasteiger partial charge in [0.25, 0.3) is 5.91 Å². The molecule has 0 aliphatic rings. The summed E-state index contributed by atoms with van der Waals surface area (Å²) in [5.41, 5.74) is -0.493. The molecule has 1 heterocycles. The molecular formula is C13H10F3NO2. The number of hydrogen-bond acceptors (Lipinski definition) is 2. The SMILES string of the molecule is CNC(=O)c1ccc(-c2cccc(C(F)(F)F)c2)o1. The van der Waals surface area contributed by atoms with Crippen molar-refractivity contribution in [1.29, 1.82) is 0 Å². The van der Waals surface area contributed by atoms with Crippen LogP contribution in [0.25, 0.3) is 11.3 Å². The fraction of sp³-hybridized carbons (Fsp3) is 0.154. The van der Waals surface area contributed by atoms with Crippen molar-refractivity contribution < 1.29 is 22.4 Å². The van der Waals surface area contributed by atoms with Crippen LogP contribution in [0.5, 0.6) is 0 Å². The Morgan fingerprint density at radius 1 is 1.21 bits per heavy atom. The van der Waals surface area contributed by atoms with E-state index in [4.69, 9.17) is 4.42 Å². The van der Waals surface area contributed by atoms with Gasteiger partial charge in [0.05, 0.1) is 5.56 Å². The first-order chi connectivity index (χ1) is 8.91. The number of benzene rings is 1. The molecule has 0 atom stereocenters. The zero-order valence-electron chi connectivity index (χ0n) is 9.91. The Balaban J connectivity index is 2.37. The number of amides is 1. The largest absolute Gasteiger partial charge is 0.451 e. The predicted octanol–water partition coefficient (Wildman–Crippen LogP) is 3.33. The first-order valence-corrected chi connectivity index (χ1v) is 5.41. The zero-order chi connectivity index (χ0) is 14.0. The maximum absolute atomic E-state index is 12.6. The fourth-order valence-electron chi connectivity index (χ4n) is 1.59. The molecule has 0 radical (unpaired) electrons. The van der Waals surface area contributed by atoms with Crippen molar-refractivity contribution in [2.24, 2.45) is 0 Å². The minimum absolute atomic E-state index is 0.0508. The molecule has 0 aliphatic carbocycles. The van der Waals surface area contributed by atoms with Gasteiger partial charge in [-0.25, -0.2) is 0 Å². The summed E-state index contributed by atoms with van der Waals surface area (Å²) >= 11 is 0. The van der Waals surface area contributed by atoms with Gasteiger partial charge in [-0.3, -0.25) is 4.79 Å². The molecule has 0 aliphatic heterocycles.